The van der Waals surface area contributed by atoms with Crippen molar-refractivity contribution < 1.29 is 0 Å². The zero-order valence-corrected chi connectivity index (χ0v) is 11.6. The van der Waals surface area contributed by atoms with E-state index in [0.717, 1.165) is 23.7 Å². The van der Waals surface area contributed by atoms with E-state index < -0.39 is 0 Å². The maximum atomic E-state index is 6.02. The van der Waals surface area contributed by atoms with Gasteiger partial charge in [-0.15, -0.1) is 0 Å². The third-order valence-corrected chi connectivity index (χ3v) is 3.12. The van der Waals surface area contributed by atoms with Crippen LogP contribution in [0.4, 0.5) is 0 Å². The molecular formula is C15H22ClN. The lowest BCUT2D eigenvalue weighted by Gasteiger charge is -2.10. The Balaban J connectivity index is 0.000000437. The highest BCUT2D eigenvalue weighted by atomic mass is 35.5. The fourth-order valence-electron chi connectivity index (χ4n) is 1.91. The molecule has 1 aliphatic rings. The summed E-state index contributed by atoms with van der Waals surface area (Å²) in [4.78, 5) is 0. The van der Waals surface area contributed by atoms with E-state index in [0.29, 0.717) is 5.92 Å². The minimum absolute atomic E-state index is 0.644. The fraction of sp³-hybridized carbons (Fsp3) is 0.467. The molecule has 0 radical (unpaired) electrons. The molecule has 1 saturated heterocycles. The SMILES string of the molecule is C=Cc1cc(C2CCNC2)ccc1Cl.CCC. The van der Waals surface area contributed by atoms with Crippen LogP contribution in [0.15, 0.2) is 24.8 Å². The Bertz CT molecular complexity index is 354. The van der Waals surface area contributed by atoms with Gasteiger partial charge in [-0.05, 0) is 42.1 Å². The van der Waals surface area contributed by atoms with Gasteiger partial charge in [0.05, 0.1) is 0 Å². The van der Waals surface area contributed by atoms with Gasteiger partial charge in [0.2, 0.25) is 0 Å². The van der Waals surface area contributed by atoms with Gasteiger partial charge in [-0.3, -0.25) is 0 Å². The minimum atomic E-state index is 0.644. The molecule has 1 unspecified atom stereocenters. The summed E-state index contributed by atoms with van der Waals surface area (Å²) in [6.07, 6.45) is 4.28. The predicted octanol–water partition coefficient (Wildman–Crippen LogP) is 4.48. The van der Waals surface area contributed by atoms with Crippen molar-refractivity contribution in [3.63, 3.8) is 0 Å². The van der Waals surface area contributed by atoms with Gasteiger partial charge in [-0.2, -0.15) is 0 Å². The highest BCUT2D eigenvalue weighted by Gasteiger charge is 2.16. The molecular weight excluding hydrogens is 230 g/mol. The lowest BCUT2D eigenvalue weighted by molar-refractivity contribution is 0.763. The first-order valence-electron chi connectivity index (χ1n) is 6.35. The van der Waals surface area contributed by atoms with Gasteiger partial charge in [0.25, 0.3) is 0 Å². The normalized spacial score (nSPS) is 18.4. The Labute approximate surface area is 110 Å². The van der Waals surface area contributed by atoms with Crippen LogP contribution in [-0.4, -0.2) is 13.1 Å². The quantitative estimate of drug-likeness (QED) is 0.818. The van der Waals surface area contributed by atoms with Gasteiger partial charge in [0, 0.05) is 11.6 Å². The van der Waals surface area contributed by atoms with Crippen LogP contribution in [0, 0.1) is 0 Å². The van der Waals surface area contributed by atoms with E-state index in [1.165, 1.54) is 18.4 Å². The van der Waals surface area contributed by atoms with Gasteiger partial charge < -0.3 is 5.32 Å². The van der Waals surface area contributed by atoms with Crippen LogP contribution in [0.25, 0.3) is 6.08 Å². The first-order chi connectivity index (χ1) is 8.22. The van der Waals surface area contributed by atoms with E-state index in [9.17, 15) is 0 Å². The highest BCUT2D eigenvalue weighted by Crippen LogP contribution is 2.26. The second-order valence-electron chi connectivity index (χ2n) is 4.38. The minimum Gasteiger partial charge on any atom is -0.316 e. The van der Waals surface area contributed by atoms with Gasteiger partial charge in [-0.25, -0.2) is 0 Å². The molecule has 0 aromatic heterocycles. The lowest BCUT2D eigenvalue weighted by Crippen LogP contribution is -2.07. The Morgan fingerprint density at radius 2 is 2.18 bits per heavy atom. The van der Waals surface area contributed by atoms with Crippen molar-refractivity contribution in [3.05, 3.63) is 40.9 Å². The second-order valence-corrected chi connectivity index (χ2v) is 4.79. The van der Waals surface area contributed by atoms with E-state index in [1.54, 1.807) is 0 Å². The van der Waals surface area contributed by atoms with E-state index in [1.807, 2.05) is 12.1 Å². The van der Waals surface area contributed by atoms with E-state index in [4.69, 9.17) is 11.6 Å². The summed E-state index contributed by atoms with van der Waals surface area (Å²) in [5.74, 6) is 0.644. The van der Waals surface area contributed by atoms with Crippen molar-refractivity contribution in [1.82, 2.24) is 5.32 Å². The van der Waals surface area contributed by atoms with Crippen molar-refractivity contribution in [3.8, 4) is 0 Å². The third-order valence-electron chi connectivity index (χ3n) is 2.77. The average molecular weight is 252 g/mol. The summed E-state index contributed by atoms with van der Waals surface area (Å²) >= 11 is 6.02. The van der Waals surface area contributed by atoms with Crippen LogP contribution in [0.1, 0.15) is 43.7 Å². The fourth-order valence-corrected chi connectivity index (χ4v) is 2.11. The largest absolute Gasteiger partial charge is 0.316 e. The first-order valence-corrected chi connectivity index (χ1v) is 6.73. The number of benzene rings is 1. The van der Waals surface area contributed by atoms with E-state index >= 15 is 0 Å². The van der Waals surface area contributed by atoms with Crippen molar-refractivity contribution in [1.29, 1.82) is 0 Å². The zero-order chi connectivity index (χ0) is 12.7. The predicted molar refractivity (Wildman–Crippen MR) is 77.7 cm³/mol. The van der Waals surface area contributed by atoms with E-state index in [-0.39, 0.29) is 0 Å². The zero-order valence-electron chi connectivity index (χ0n) is 10.8. The van der Waals surface area contributed by atoms with Crippen molar-refractivity contribution in [2.75, 3.05) is 13.1 Å². The van der Waals surface area contributed by atoms with Crippen LogP contribution >= 0.6 is 11.6 Å². The van der Waals surface area contributed by atoms with Gasteiger partial charge in [-0.1, -0.05) is 50.6 Å². The van der Waals surface area contributed by atoms with Crippen LogP contribution in [0.3, 0.4) is 0 Å². The highest BCUT2D eigenvalue weighted by molar-refractivity contribution is 6.32. The topological polar surface area (TPSA) is 12.0 Å². The van der Waals surface area contributed by atoms with E-state index in [2.05, 4.69) is 37.9 Å². The lowest BCUT2D eigenvalue weighted by atomic mass is 9.97. The number of hydrogen-bond acceptors (Lipinski definition) is 1. The number of hydrogen-bond donors (Lipinski definition) is 1. The monoisotopic (exact) mass is 251 g/mol. The average Bonchev–Trinajstić information content (AvgIpc) is 2.84. The molecule has 1 atom stereocenters. The van der Waals surface area contributed by atoms with Crippen LogP contribution < -0.4 is 5.32 Å². The molecule has 0 spiro atoms. The molecule has 2 heteroatoms. The molecule has 17 heavy (non-hydrogen) atoms. The maximum absolute atomic E-state index is 6.02. The smallest absolute Gasteiger partial charge is 0.0478 e. The molecule has 0 aliphatic carbocycles. The summed E-state index contributed by atoms with van der Waals surface area (Å²) in [6.45, 7) is 10.2. The van der Waals surface area contributed by atoms with Crippen molar-refractivity contribution >= 4 is 17.7 Å². The molecule has 0 saturated carbocycles. The van der Waals surface area contributed by atoms with Gasteiger partial charge in [0.15, 0.2) is 0 Å². The maximum Gasteiger partial charge on any atom is 0.0478 e. The number of rotatable bonds is 2. The Morgan fingerprint density at radius 1 is 1.47 bits per heavy atom. The molecule has 1 aromatic rings. The third kappa shape index (κ3) is 4.18. The summed E-state index contributed by atoms with van der Waals surface area (Å²) in [5, 5.41) is 4.15. The molecule has 1 fully saturated rings. The summed E-state index contributed by atoms with van der Waals surface area (Å²) in [6, 6.07) is 6.23. The summed E-state index contributed by atoms with van der Waals surface area (Å²) in [5.41, 5.74) is 2.41. The second kappa shape index (κ2) is 7.52. The summed E-state index contributed by atoms with van der Waals surface area (Å²) in [7, 11) is 0. The van der Waals surface area contributed by atoms with Crippen LogP contribution in [0.2, 0.25) is 5.02 Å². The molecule has 1 N–H and O–H groups in total. The molecule has 1 heterocycles. The molecule has 94 valence electrons. The Morgan fingerprint density at radius 3 is 2.71 bits per heavy atom. The van der Waals surface area contributed by atoms with Crippen LogP contribution in [-0.2, 0) is 0 Å². The van der Waals surface area contributed by atoms with Crippen molar-refractivity contribution in [2.24, 2.45) is 0 Å². The Hall–Kier alpha value is -0.790. The molecule has 2 rings (SSSR count). The van der Waals surface area contributed by atoms with Crippen LogP contribution in [0.5, 0.6) is 0 Å². The van der Waals surface area contributed by atoms with Crippen molar-refractivity contribution in [2.45, 2.75) is 32.6 Å². The van der Waals surface area contributed by atoms with Gasteiger partial charge in [0.1, 0.15) is 0 Å². The number of halogens is 1. The Kier molecular flexibility index (Phi) is 6.31. The van der Waals surface area contributed by atoms with Gasteiger partial charge >= 0.3 is 0 Å². The molecule has 0 amide bonds. The first kappa shape index (κ1) is 14.3. The number of nitrogens with one attached hydrogen (secondary N) is 1. The molecule has 1 aliphatic heterocycles. The standard InChI is InChI=1S/C12H14ClN.C3H8/c1-2-9-7-10(3-4-12(9)13)11-5-6-14-8-11;1-3-2/h2-4,7,11,14H,1,5-6,8H2;3H2,1-2H3. The molecule has 1 nitrogen and oxygen atoms in total. The molecule has 1 aromatic carbocycles. The molecule has 0 bridgehead atoms. The summed E-state index contributed by atoms with van der Waals surface area (Å²) < 4.78 is 0.